The average molecular weight is 453 g/mol. The third-order valence-corrected chi connectivity index (χ3v) is 5.80. The quantitative estimate of drug-likeness (QED) is 0.420. The maximum atomic E-state index is 13.3. The molecule has 1 unspecified atom stereocenters. The van der Waals surface area contributed by atoms with Crippen LogP contribution in [-0.2, 0) is 28.2 Å². The molecule has 1 aromatic carbocycles. The summed E-state index contributed by atoms with van der Waals surface area (Å²) in [6.45, 7) is 0.0576. The predicted molar refractivity (Wildman–Crippen MR) is 104 cm³/mol. The Balaban J connectivity index is 1.55. The largest absolute Gasteiger partial charge is 0.471 e. The minimum Gasteiger partial charge on any atom is -0.329 e. The monoisotopic (exact) mass is 453 g/mol. The van der Waals surface area contributed by atoms with Gasteiger partial charge in [0, 0.05) is 33.9 Å². The van der Waals surface area contributed by atoms with Crippen molar-refractivity contribution in [1.29, 1.82) is 0 Å². The molecule has 0 fully saturated rings. The third-order valence-electron chi connectivity index (χ3n) is 4.26. The molecule has 31 heavy (non-hydrogen) atoms. The fourth-order valence-electron chi connectivity index (χ4n) is 2.89. The van der Waals surface area contributed by atoms with E-state index in [1.54, 1.807) is 28.9 Å². The molecule has 0 spiro atoms. The van der Waals surface area contributed by atoms with E-state index in [-0.39, 0.29) is 18.1 Å². The van der Waals surface area contributed by atoms with E-state index in [9.17, 15) is 21.8 Å². The smallest absolute Gasteiger partial charge is 0.329 e. The molecule has 0 amide bonds. The lowest BCUT2D eigenvalue weighted by Crippen LogP contribution is -2.04. The van der Waals surface area contributed by atoms with Gasteiger partial charge in [0.05, 0.1) is 18.0 Å². The molecule has 0 aliphatic carbocycles. The Kier molecular flexibility index (Phi) is 5.25. The number of pyridine rings is 1. The minimum absolute atomic E-state index is 0.0576. The molecule has 0 radical (unpaired) electrons. The van der Waals surface area contributed by atoms with Crippen molar-refractivity contribution in [3.05, 3.63) is 71.8 Å². The lowest BCUT2D eigenvalue weighted by molar-refractivity contribution is -0.159. The molecule has 0 aliphatic heterocycles. The van der Waals surface area contributed by atoms with E-state index in [4.69, 9.17) is 0 Å². The zero-order valence-electron chi connectivity index (χ0n) is 16.0. The first-order valence-corrected chi connectivity index (χ1v) is 11.0. The number of halogens is 4. The Hall–Kier alpha value is -3.28. The SMILES string of the molecule is CS(=O)(Cc1cccc(F)c1)=NCc1cn2ccc(-c3noc(C(F)(F)F)n3)cc2n1. The highest BCUT2D eigenvalue weighted by Crippen LogP contribution is 2.29. The summed E-state index contributed by atoms with van der Waals surface area (Å²) in [5, 5.41) is 3.35. The van der Waals surface area contributed by atoms with E-state index in [0.717, 1.165) is 0 Å². The van der Waals surface area contributed by atoms with Crippen LogP contribution in [0.4, 0.5) is 17.6 Å². The lowest BCUT2D eigenvalue weighted by Gasteiger charge is -2.04. The van der Waals surface area contributed by atoms with Crippen molar-refractivity contribution in [3.63, 3.8) is 0 Å². The lowest BCUT2D eigenvalue weighted by atomic mass is 10.2. The minimum atomic E-state index is -4.73. The van der Waals surface area contributed by atoms with Crippen LogP contribution in [0.15, 0.2) is 57.7 Å². The number of benzene rings is 1. The van der Waals surface area contributed by atoms with Crippen molar-refractivity contribution in [1.82, 2.24) is 19.5 Å². The summed E-state index contributed by atoms with van der Waals surface area (Å²) < 4.78 is 74.1. The molecule has 4 rings (SSSR count). The molecule has 0 bridgehead atoms. The summed E-state index contributed by atoms with van der Waals surface area (Å²) >= 11 is 0. The highest BCUT2D eigenvalue weighted by Gasteiger charge is 2.38. The molecule has 3 heterocycles. The highest BCUT2D eigenvalue weighted by atomic mass is 32.2. The summed E-state index contributed by atoms with van der Waals surface area (Å²) in [5.74, 6) is -1.95. The van der Waals surface area contributed by atoms with Crippen molar-refractivity contribution in [2.75, 3.05) is 6.26 Å². The van der Waals surface area contributed by atoms with Crippen molar-refractivity contribution < 1.29 is 26.3 Å². The molecule has 162 valence electrons. The standard InChI is InChI=1S/C19H15F4N5O2S/c1-31(29,11-12-3-2-4-14(20)7-12)24-9-15-10-28-6-5-13(8-16(28)25-15)17-26-18(30-27-17)19(21,22)23/h2-8,10H,9,11H2,1H3. The first kappa shape index (κ1) is 21.0. The van der Waals surface area contributed by atoms with Crippen LogP contribution in [0, 0.1) is 5.82 Å². The number of imidazole rings is 1. The third kappa shape index (κ3) is 4.90. The second kappa shape index (κ2) is 7.76. The molecule has 12 heteroatoms. The van der Waals surface area contributed by atoms with E-state index >= 15 is 0 Å². The van der Waals surface area contributed by atoms with Gasteiger partial charge in [-0.1, -0.05) is 17.3 Å². The van der Waals surface area contributed by atoms with Gasteiger partial charge < -0.3 is 8.92 Å². The summed E-state index contributed by atoms with van der Waals surface area (Å²) in [6.07, 6.45) is 0.00885. The van der Waals surface area contributed by atoms with Gasteiger partial charge >= 0.3 is 12.1 Å². The van der Waals surface area contributed by atoms with Crippen LogP contribution < -0.4 is 0 Å². The van der Waals surface area contributed by atoms with E-state index in [0.29, 0.717) is 22.5 Å². The molecule has 1 atom stereocenters. The molecule has 0 saturated carbocycles. The number of alkyl halides is 3. The second-order valence-electron chi connectivity index (χ2n) is 6.85. The average Bonchev–Trinajstić information content (AvgIpc) is 3.32. The van der Waals surface area contributed by atoms with E-state index < -0.39 is 27.6 Å². The van der Waals surface area contributed by atoms with Gasteiger partial charge in [-0.05, 0) is 29.8 Å². The first-order chi connectivity index (χ1) is 14.6. The topological polar surface area (TPSA) is 85.7 Å². The number of rotatable bonds is 5. The van der Waals surface area contributed by atoms with Crippen LogP contribution >= 0.6 is 0 Å². The summed E-state index contributed by atoms with van der Waals surface area (Å²) in [7, 11) is -2.63. The van der Waals surface area contributed by atoms with E-state index in [2.05, 4.69) is 24.0 Å². The van der Waals surface area contributed by atoms with Gasteiger partial charge in [0.15, 0.2) is 0 Å². The molecule has 3 aromatic heterocycles. The second-order valence-corrected chi connectivity index (χ2v) is 9.32. The molecule has 0 N–H and O–H groups in total. The molecule has 0 aliphatic rings. The normalized spacial score (nSPS) is 14.0. The molecule has 4 aromatic rings. The van der Waals surface area contributed by atoms with Crippen molar-refractivity contribution in [3.8, 4) is 11.4 Å². The summed E-state index contributed by atoms with van der Waals surface area (Å²) in [5.41, 5.74) is 1.81. The van der Waals surface area contributed by atoms with E-state index in [1.807, 2.05) is 0 Å². The summed E-state index contributed by atoms with van der Waals surface area (Å²) in [6, 6.07) is 8.87. The fourth-order valence-corrected chi connectivity index (χ4v) is 4.18. The highest BCUT2D eigenvalue weighted by molar-refractivity contribution is 7.92. The maximum absolute atomic E-state index is 13.3. The van der Waals surface area contributed by atoms with Crippen LogP contribution in [-0.4, -0.2) is 30.0 Å². The Morgan fingerprint density at radius 3 is 2.71 bits per heavy atom. The van der Waals surface area contributed by atoms with Crippen LogP contribution in [0.2, 0.25) is 0 Å². The van der Waals surface area contributed by atoms with Crippen molar-refractivity contribution in [2.24, 2.45) is 4.36 Å². The Morgan fingerprint density at radius 1 is 1.19 bits per heavy atom. The summed E-state index contributed by atoms with van der Waals surface area (Å²) in [4.78, 5) is 7.71. The van der Waals surface area contributed by atoms with Crippen LogP contribution in [0.25, 0.3) is 17.0 Å². The number of hydrogen-bond acceptors (Lipinski definition) is 6. The van der Waals surface area contributed by atoms with Crippen molar-refractivity contribution in [2.45, 2.75) is 18.5 Å². The van der Waals surface area contributed by atoms with E-state index in [1.165, 1.54) is 30.5 Å². The zero-order chi connectivity index (χ0) is 22.2. The van der Waals surface area contributed by atoms with Crippen LogP contribution in [0.1, 0.15) is 17.1 Å². The van der Waals surface area contributed by atoms with Gasteiger partial charge in [-0.25, -0.2) is 17.9 Å². The number of hydrogen-bond donors (Lipinski definition) is 0. The van der Waals surface area contributed by atoms with Crippen molar-refractivity contribution >= 4 is 15.4 Å². The number of nitrogens with zero attached hydrogens (tertiary/aromatic N) is 5. The van der Waals surface area contributed by atoms with Gasteiger partial charge in [0.25, 0.3) is 0 Å². The fraction of sp³-hybridized carbons (Fsp3) is 0.211. The van der Waals surface area contributed by atoms with Gasteiger partial charge in [0.1, 0.15) is 11.5 Å². The first-order valence-electron chi connectivity index (χ1n) is 8.88. The Bertz CT molecular complexity index is 1370. The van der Waals surface area contributed by atoms with Gasteiger partial charge in [-0.3, -0.25) is 0 Å². The van der Waals surface area contributed by atoms with Gasteiger partial charge in [-0.2, -0.15) is 18.2 Å². The zero-order valence-corrected chi connectivity index (χ0v) is 16.8. The Labute approximate surface area is 173 Å². The van der Waals surface area contributed by atoms with Crippen LogP contribution in [0.3, 0.4) is 0 Å². The maximum Gasteiger partial charge on any atom is 0.471 e. The molecule has 7 nitrogen and oxygen atoms in total. The number of fused-ring (bicyclic) bond motifs is 1. The Morgan fingerprint density at radius 2 is 2.00 bits per heavy atom. The van der Waals surface area contributed by atoms with Gasteiger partial charge in [0.2, 0.25) is 5.82 Å². The molecular weight excluding hydrogens is 438 g/mol. The van der Waals surface area contributed by atoms with Crippen LogP contribution in [0.5, 0.6) is 0 Å². The predicted octanol–water partition coefficient (Wildman–Crippen LogP) is 4.34. The van der Waals surface area contributed by atoms with Gasteiger partial charge in [-0.15, -0.1) is 0 Å². The molecular formula is C19H15F4N5O2S. The molecule has 0 saturated heterocycles. The number of aromatic nitrogens is 4.